The van der Waals surface area contributed by atoms with Gasteiger partial charge in [0.05, 0.1) is 20.5 Å². The molecule has 0 aliphatic rings. The van der Waals surface area contributed by atoms with Gasteiger partial charge in [-0.3, -0.25) is 10.1 Å². The van der Waals surface area contributed by atoms with Crippen LogP contribution in [0.1, 0.15) is 12.5 Å². The van der Waals surface area contributed by atoms with Crippen LogP contribution in [-0.4, -0.2) is 14.9 Å². The molecule has 0 atom stereocenters. The summed E-state index contributed by atoms with van der Waals surface area (Å²) in [7, 11) is 0. The predicted molar refractivity (Wildman–Crippen MR) is 79.0 cm³/mol. The first kappa shape index (κ1) is 15.3. The molecule has 7 nitrogen and oxygen atoms in total. The van der Waals surface area contributed by atoms with Gasteiger partial charge >= 0.3 is 5.69 Å². The number of hydrogen-bond donors (Lipinski definition) is 1. The fraction of sp³-hybridized carbons (Fsp3) is 0.167. The minimum Gasteiger partial charge on any atom is -0.431 e. The summed E-state index contributed by atoms with van der Waals surface area (Å²) in [5.74, 6) is 0.332. The molecule has 0 aliphatic heterocycles. The summed E-state index contributed by atoms with van der Waals surface area (Å²) in [4.78, 5) is 18.2. The number of nitrogens with zero attached hydrogens (tertiary/aromatic N) is 3. The van der Waals surface area contributed by atoms with E-state index in [1.807, 2.05) is 6.92 Å². The maximum Gasteiger partial charge on any atom is 0.313 e. The third-order valence-electron chi connectivity index (χ3n) is 2.70. The topological polar surface area (TPSA) is 104 Å². The molecule has 0 bridgehead atoms. The van der Waals surface area contributed by atoms with Gasteiger partial charge < -0.3 is 10.5 Å². The highest BCUT2D eigenvalue weighted by molar-refractivity contribution is 6.42. The smallest absolute Gasteiger partial charge is 0.313 e. The van der Waals surface area contributed by atoms with E-state index >= 15 is 0 Å². The maximum absolute atomic E-state index is 11.1. The summed E-state index contributed by atoms with van der Waals surface area (Å²) in [6.07, 6.45) is 1.73. The summed E-state index contributed by atoms with van der Waals surface area (Å²) in [6, 6.07) is 2.38. The van der Waals surface area contributed by atoms with Crippen LogP contribution in [0.15, 0.2) is 18.5 Å². The van der Waals surface area contributed by atoms with E-state index in [1.165, 1.54) is 12.4 Å². The molecule has 2 aromatic rings. The number of benzene rings is 1. The van der Waals surface area contributed by atoms with Crippen molar-refractivity contribution < 1.29 is 9.66 Å². The van der Waals surface area contributed by atoms with Crippen molar-refractivity contribution in [3.05, 3.63) is 44.2 Å². The lowest BCUT2D eigenvalue weighted by Crippen LogP contribution is -2.03. The van der Waals surface area contributed by atoms with Crippen LogP contribution in [0.3, 0.4) is 0 Å². The second kappa shape index (κ2) is 6.11. The van der Waals surface area contributed by atoms with Gasteiger partial charge in [0, 0.05) is 12.1 Å². The van der Waals surface area contributed by atoms with Crippen molar-refractivity contribution in [2.75, 3.05) is 5.73 Å². The lowest BCUT2D eigenvalue weighted by molar-refractivity contribution is -0.385. The third kappa shape index (κ3) is 3.14. The number of nitrogens with two attached hydrogens (primary N) is 1. The predicted octanol–water partition coefficient (Wildman–Crippen LogP) is 3.63. The van der Waals surface area contributed by atoms with E-state index in [-0.39, 0.29) is 33.2 Å². The molecular weight excluding hydrogens is 319 g/mol. The van der Waals surface area contributed by atoms with Gasteiger partial charge in [-0.1, -0.05) is 30.1 Å². The standard InChI is InChI=1S/C12H10Cl2N4O3/c1-2-6-11(15)16-5-17-12(6)21-10-4-8(14)7(13)3-9(10)18(19)20/h3-5H,2H2,1H3,(H2,15,16,17). The number of nitro benzene ring substituents is 1. The van der Waals surface area contributed by atoms with Crippen LogP contribution in [0, 0.1) is 10.1 Å². The molecule has 2 rings (SSSR count). The van der Waals surface area contributed by atoms with Crippen molar-refractivity contribution in [3.8, 4) is 11.6 Å². The molecule has 0 amide bonds. The van der Waals surface area contributed by atoms with Gasteiger partial charge in [0.25, 0.3) is 0 Å². The van der Waals surface area contributed by atoms with E-state index in [4.69, 9.17) is 33.7 Å². The van der Waals surface area contributed by atoms with E-state index in [0.717, 1.165) is 6.07 Å². The Morgan fingerprint density at radius 3 is 2.62 bits per heavy atom. The van der Waals surface area contributed by atoms with Crippen molar-refractivity contribution in [2.24, 2.45) is 0 Å². The first-order chi connectivity index (χ1) is 9.93. The van der Waals surface area contributed by atoms with E-state index in [0.29, 0.717) is 12.0 Å². The Morgan fingerprint density at radius 2 is 2.00 bits per heavy atom. The summed E-state index contributed by atoms with van der Waals surface area (Å²) in [5.41, 5.74) is 5.96. The third-order valence-corrected chi connectivity index (χ3v) is 3.42. The Morgan fingerprint density at radius 1 is 1.33 bits per heavy atom. The fourth-order valence-electron chi connectivity index (χ4n) is 1.68. The van der Waals surface area contributed by atoms with Crippen LogP contribution < -0.4 is 10.5 Å². The zero-order chi connectivity index (χ0) is 15.6. The second-order valence-corrected chi connectivity index (χ2v) is 4.80. The van der Waals surface area contributed by atoms with Crippen LogP contribution >= 0.6 is 23.2 Å². The average Bonchev–Trinajstić information content (AvgIpc) is 2.42. The Hall–Kier alpha value is -2.12. The zero-order valence-electron chi connectivity index (χ0n) is 10.8. The van der Waals surface area contributed by atoms with Gasteiger partial charge in [-0.2, -0.15) is 0 Å². The summed E-state index contributed by atoms with van der Waals surface area (Å²) < 4.78 is 5.49. The van der Waals surface area contributed by atoms with Crippen LogP contribution in [-0.2, 0) is 6.42 Å². The van der Waals surface area contributed by atoms with Gasteiger partial charge in [-0.05, 0) is 6.42 Å². The molecule has 0 unspecified atom stereocenters. The number of nitro groups is 1. The number of aromatic nitrogens is 2. The van der Waals surface area contributed by atoms with E-state index in [2.05, 4.69) is 9.97 Å². The van der Waals surface area contributed by atoms with E-state index in [9.17, 15) is 10.1 Å². The van der Waals surface area contributed by atoms with Gasteiger partial charge in [0.15, 0.2) is 0 Å². The number of hydrogen-bond acceptors (Lipinski definition) is 6. The van der Waals surface area contributed by atoms with Gasteiger partial charge in [-0.25, -0.2) is 9.97 Å². The molecule has 9 heteroatoms. The molecule has 2 N–H and O–H groups in total. The van der Waals surface area contributed by atoms with E-state index in [1.54, 1.807) is 0 Å². The summed E-state index contributed by atoms with van der Waals surface area (Å²) in [6.45, 7) is 1.84. The summed E-state index contributed by atoms with van der Waals surface area (Å²) >= 11 is 11.6. The Kier molecular flexibility index (Phi) is 4.44. The van der Waals surface area contributed by atoms with Crippen LogP contribution in [0.4, 0.5) is 11.5 Å². The van der Waals surface area contributed by atoms with Crippen molar-refractivity contribution in [2.45, 2.75) is 13.3 Å². The number of ether oxygens (including phenoxy) is 1. The quantitative estimate of drug-likeness (QED) is 0.678. The van der Waals surface area contributed by atoms with Crippen molar-refractivity contribution in [1.29, 1.82) is 0 Å². The zero-order valence-corrected chi connectivity index (χ0v) is 12.4. The minimum atomic E-state index is -0.617. The van der Waals surface area contributed by atoms with Gasteiger partial charge in [0.2, 0.25) is 11.6 Å². The Labute approximate surface area is 129 Å². The Balaban J connectivity index is 2.51. The number of halogens is 2. The second-order valence-electron chi connectivity index (χ2n) is 3.99. The van der Waals surface area contributed by atoms with Gasteiger partial charge in [0.1, 0.15) is 12.1 Å². The van der Waals surface area contributed by atoms with Crippen molar-refractivity contribution in [3.63, 3.8) is 0 Å². The molecule has 0 fully saturated rings. The van der Waals surface area contributed by atoms with Crippen LogP contribution in [0.25, 0.3) is 0 Å². The number of anilines is 1. The van der Waals surface area contributed by atoms with Gasteiger partial charge in [-0.15, -0.1) is 0 Å². The molecule has 110 valence electrons. The molecule has 21 heavy (non-hydrogen) atoms. The number of nitrogen functional groups attached to an aromatic ring is 1. The normalized spacial score (nSPS) is 10.4. The fourth-order valence-corrected chi connectivity index (χ4v) is 1.99. The summed E-state index contributed by atoms with van der Waals surface area (Å²) in [5, 5.41) is 11.3. The number of rotatable bonds is 4. The minimum absolute atomic E-state index is 0.0635. The lowest BCUT2D eigenvalue weighted by atomic mass is 10.2. The molecule has 1 aromatic heterocycles. The molecule has 0 radical (unpaired) electrons. The SMILES string of the molecule is CCc1c(N)ncnc1Oc1cc(Cl)c(Cl)cc1[N+](=O)[O-]. The highest BCUT2D eigenvalue weighted by Gasteiger charge is 2.21. The van der Waals surface area contributed by atoms with Crippen molar-refractivity contribution >= 4 is 34.7 Å². The molecule has 0 spiro atoms. The molecule has 1 heterocycles. The van der Waals surface area contributed by atoms with Crippen molar-refractivity contribution in [1.82, 2.24) is 9.97 Å². The molecule has 0 saturated heterocycles. The van der Waals surface area contributed by atoms with Crippen LogP contribution in [0.2, 0.25) is 10.0 Å². The Bertz CT molecular complexity index is 709. The first-order valence-electron chi connectivity index (χ1n) is 5.84. The first-order valence-corrected chi connectivity index (χ1v) is 6.60. The highest BCUT2D eigenvalue weighted by Crippen LogP contribution is 2.38. The highest BCUT2D eigenvalue weighted by atomic mass is 35.5. The lowest BCUT2D eigenvalue weighted by Gasteiger charge is -2.10. The molecule has 0 aliphatic carbocycles. The average molecular weight is 329 g/mol. The molecular formula is C12H10Cl2N4O3. The van der Waals surface area contributed by atoms with Crippen LogP contribution in [0.5, 0.6) is 11.6 Å². The molecule has 1 aromatic carbocycles. The largest absolute Gasteiger partial charge is 0.431 e. The maximum atomic E-state index is 11.1. The molecule has 0 saturated carbocycles. The monoisotopic (exact) mass is 328 g/mol. The van der Waals surface area contributed by atoms with E-state index < -0.39 is 4.92 Å².